The maximum absolute atomic E-state index is 14.9. The number of hydrogen-bond acceptors (Lipinski definition) is 10. The Kier molecular flexibility index (Phi) is 11.9. The number of alkyl halides is 2. The first kappa shape index (κ1) is 43.9. The first-order valence-electron chi connectivity index (χ1n) is 21.3. The van der Waals surface area contributed by atoms with Crippen molar-refractivity contribution >= 4 is 44.9 Å². The molecular formula is C42H63F3N6O8S. The molecule has 336 valence electrons. The second-order valence-corrected chi connectivity index (χ2v) is 21.1. The number of hydrogen-bond donors (Lipinski definition) is 3. The summed E-state index contributed by atoms with van der Waals surface area (Å²) in [4.78, 5) is 67.5. The van der Waals surface area contributed by atoms with Gasteiger partial charge in [-0.15, -0.1) is 0 Å². The van der Waals surface area contributed by atoms with Crippen LogP contribution in [-0.4, -0.2) is 94.6 Å². The van der Waals surface area contributed by atoms with Gasteiger partial charge in [0.25, 0.3) is 5.91 Å². The molecule has 4 amide bonds. The Morgan fingerprint density at radius 3 is 2.43 bits per heavy atom. The molecule has 2 bridgehead atoms. The summed E-state index contributed by atoms with van der Waals surface area (Å²) in [5, 5.41) is 5.25. The van der Waals surface area contributed by atoms with Gasteiger partial charge in [-0.3, -0.25) is 19.1 Å². The quantitative estimate of drug-likeness (QED) is 0.285. The van der Waals surface area contributed by atoms with Gasteiger partial charge in [-0.05, 0) is 87.7 Å². The predicted molar refractivity (Wildman–Crippen MR) is 220 cm³/mol. The van der Waals surface area contributed by atoms with E-state index in [1.54, 1.807) is 27.7 Å². The van der Waals surface area contributed by atoms with Gasteiger partial charge in [0.15, 0.2) is 0 Å². The molecule has 0 unspecified atom stereocenters. The minimum Gasteiger partial charge on any atom is -0.471 e. The molecule has 0 spiro atoms. The number of ether oxygens (including phenoxy) is 2. The van der Waals surface area contributed by atoms with Crippen molar-refractivity contribution in [3.05, 3.63) is 29.7 Å². The molecule has 60 heavy (non-hydrogen) atoms. The lowest BCUT2D eigenvalue weighted by atomic mass is 9.85. The van der Waals surface area contributed by atoms with Crippen LogP contribution in [0.2, 0.25) is 0 Å². The summed E-state index contributed by atoms with van der Waals surface area (Å²) in [6.07, 6.45) is 1.05. The maximum atomic E-state index is 14.9. The fourth-order valence-electron chi connectivity index (χ4n) is 9.43. The number of amides is 4. The molecule has 9 atom stereocenters. The van der Waals surface area contributed by atoms with Crippen molar-refractivity contribution in [1.29, 1.82) is 0 Å². The van der Waals surface area contributed by atoms with Crippen molar-refractivity contribution in [2.24, 2.45) is 29.1 Å². The average molecular weight is 869 g/mol. The number of carbonyl (C=O) groups excluding carboxylic acids is 4. The largest absolute Gasteiger partial charge is 0.471 e. The molecule has 5 aliphatic rings. The van der Waals surface area contributed by atoms with Crippen molar-refractivity contribution in [3.63, 3.8) is 0 Å². The number of halogens is 3. The molecule has 18 heteroatoms. The average Bonchev–Trinajstić information content (AvgIpc) is 4.04. The number of nitrogens with zero attached hydrogens (tertiary/aromatic N) is 3. The SMILES string of the molecule is CC[C@H]1CC[C@H]2OC(=O)N[C@@H](C(C)(C)C)C(=O)N3C[C@H](Oc4nc5cc(F)ccc5nc4CCCCC[C@H]12)[C@@H](C)[C@H]3C(=O)N[C@]1(C(=O)NS(=O)(=O)C2(C)CC2)C[C@H]1C(F)F.[HH].[HH].[HH]. The topological polar surface area (TPSA) is 186 Å². The molecule has 3 aliphatic carbocycles. The van der Waals surface area contributed by atoms with E-state index in [1.165, 1.54) is 30.0 Å². The van der Waals surface area contributed by atoms with Crippen LogP contribution in [-0.2, 0) is 35.6 Å². The van der Waals surface area contributed by atoms with E-state index in [0.717, 1.165) is 32.1 Å². The number of aromatic nitrogens is 2. The number of carbonyl (C=O) groups is 4. The molecule has 3 heterocycles. The van der Waals surface area contributed by atoms with Crippen LogP contribution >= 0.6 is 0 Å². The number of rotatable bonds is 7. The van der Waals surface area contributed by atoms with E-state index in [9.17, 15) is 40.8 Å². The van der Waals surface area contributed by atoms with E-state index in [4.69, 9.17) is 14.5 Å². The summed E-state index contributed by atoms with van der Waals surface area (Å²) in [6.45, 7) is 10.2. The second-order valence-electron chi connectivity index (χ2n) is 18.9. The van der Waals surface area contributed by atoms with Gasteiger partial charge in [0, 0.05) is 16.3 Å². The normalized spacial score (nSPS) is 32.1. The van der Waals surface area contributed by atoms with Crippen LogP contribution in [0.25, 0.3) is 11.0 Å². The van der Waals surface area contributed by atoms with Gasteiger partial charge in [-0.1, -0.05) is 53.9 Å². The van der Waals surface area contributed by atoms with E-state index in [-0.39, 0.29) is 47.1 Å². The third-order valence-corrected chi connectivity index (χ3v) is 15.8. The summed E-state index contributed by atoms with van der Waals surface area (Å²) in [6, 6.07) is 1.35. The number of fused-ring (bicyclic) bond motifs is 5. The minimum absolute atomic E-state index is 0. The van der Waals surface area contributed by atoms with Gasteiger partial charge in [0.2, 0.25) is 34.1 Å². The molecule has 0 radical (unpaired) electrons. The minimum atomic E-state index is -4.26. The summed E-state index contributed by atoms with van der Waals surface area (Å²) < 4.78 is 82.6. The molecule has 2 aliphatic heterocycles. The van der Waals surface area contributed by atoms with Crippen LogP contribution in [0, 0.1) is 34.9 Å². The Morgan fingerprint density at radius 2 is 1.78 bits per heavy atom. The van der Waals surface area contributed by atoms with Gasteiger partial charge in [-0.2, -0.15) is 0 Å². The standard InChI is InChI=1S/C42H57F3N6O8S.3H2/c1-7-23-13-16-30-25(23)11-9-8-10-12-28-36(47-29-19-24(43)14-15-27(29)46-28)58-31-21-51(37(53)33(40(3,4)5)48-39(55)59-30)32(22(31)2)35(52)49-42(20-26(42)34(44)45)38(54)50-60(56,57)41(6)17-18-41;;;/h14-15,19,22-23,25-26,30-34H,7-13,16-18,20-21H2,1-6H3,(H,48,55)(H,49,52)(H,50,54);3*1H/t22-,23+,25-,26+,30-,31+,32+,33-,42-;;;/m1.../s1. The third-order valence-electron chi connectivity index (χ3n) is 13.7. The highest BCUT2D eigenvalue weighted by Gasteiger charge is 2.67. The van der Waals surface area contributed by atoms with Gasteiger partial charge >= 0.3 is 6.09 Å². The highest BCUT2D eigenvalue weighted by molar-refractivity contribution is 7.91. The Hall–Kier alpha value is -4.22. The fourth-order valence-corrected chi connectivity index (χ4v) is 10.7. The van der Waals surface area contributed by atoms with Crippen molar-refractivity contribution < 1.29 is 54.5 Å². The number of benzene rings is 1. The first-order valence-corrected chi connectivity index (χ1v) is 22.7. The number of sulfonamides is 1. The van der Waals surface area contributed by atoms with Crippen molar-refractivity contribution in [3.8, 4) is 5.88 Å². The summed E-state index contributed by atoms with van der Waals surface area (Å²) in [7, 11) is -4.26. The monoisotopic (exact) mass is 868 g/mol. The zero-order chi connectivity index (χ0) is 43.5. The van der Waals surface area contributed by atoms with Gasteiger partial charge in [0.1, 0.15) is 41.3 Å². The first-order chi connectivity index (χ1) is 28.2. The predicted octanol–water partition coefficient (Wildman–Crippen LogP) is 6.30. The van der Waals surface area contributed by atoms with Crippen molar-refractivity contribution in [2.75, 3.05) is 6.54 Å². The van der Waals surface area contributed by atoms with E-state index in [0.29, 0.717) is 36.4 Å². The Balaban J connectivity index is 0.00000290. The molecule has 3 saturated carbocycles. The summed E-state index contributed by atoms with van der Waals surface area (Å²) in [5.41, 5.74) is -2.03. The molecule has 7 rings (SSSR count). The molecular weight excluding hydrogens is 806 g/mol. The Labute approximate surface area is 353 Å². The lowest BCUT2D eigenvalue weighted by molar-refractivity contribution is -0.143. The molecule has 2 aromatic rings. The van der Waals surface area contributed by atoms with Crippen molar-refractivity contribution in [1.82, 2.24) is 30.2 Å². The molecule has 14 nitrogen and oxygen atoms in total. The highest BCUT2D eigenvalue weighted by atomic mass is 32.2. The molecule has 1 aromatic carbocycles. The van der Waals surface area contributed by atoms with E-state index in [2.05, 4.69) is 22.5 Å². The molecule has 1 saturated heterocycles. The summed E-state index contributed by atoms with van der Waals surface area (Å²) in [5.74, 6) is -5.49. The maximum Gasteiger partial charge on any atom is 0.408 e. The van der Waals surface area contributed by atoms with Gasteiger partial charge < -0.3 is 25.0 Å². The third kappa shape index (κ3) is 8.50. The van der Waals surface area contributed by atoms with Crippen LogP contribution < -0.4 is 20.1 Å². The number of aryl methyl sites for hydroxylation is 1. The second kappa shape index (κ2) is 16.2. The Bertz CT molecular complexity index is 2150. The lowest BCUT2D eigenvalue weighted by Crippen LogP contribution is -2.61. The highest BCUT2D eigenvalue weighted by Crippen LogP contribution is 2.50. The zero-order valence-electron chi connectivity index (χ0n) is 35.1. The van der Waals surface area contributed by atoms with Gasteiger partial charge in [0.05, 0.1) is 28.2 Å². The molecule has 3 N–H and O–H groups in total. The van der Waals surface area contributed by atoms with Crippen LogP contribution in [0.1, 0.15) is 116 Å². The van der Waals surface area contributed by atoms with E-state index >= 15 is 0 Å². The van der Waals surface area contributed by atoms with E-state index in [1.807, 2.05) is 4.72 Å². The Morgan fingerprint density at radius 1 is 1.05 bits per heavy atom. The van der Waals surface area contributed by atoms with Crippen LogP contribution in [0.3, 0.4) is 0 Å². The number of nitrogens with one attached hydrogen (secondary N) is 3. The molecule has 4 fully saturated rings. The molecule has 1 aromatic heterocycles. The zero-order valence-corrected chi connectivity index (χ0v) is 35.9. The van der Waals surface area contributed by atoms with Crippen molar-refractivity contribution in [2.45, 2.75) is 153 Å². The van der Waals surface area contributed by atoms with Crippen LogP contribution in [0.4, 0.5) is 18.0 Å². The van der Waals surface area contributed by atoms with Gasteiger partial charge in [-0.25, -0.2) is 36.4 Å². The smallest absolute Gasteiger partial charge is 0.408 e. The van der Waals surface area contributed by atoms with E-state index < -0.39 is 98.2 Å². The lowest BCUT2D eigenvalue weighted by Gasteiger charge is -2.36. The fraction of sp³-hybridized carbons (Fsp3) is 0.714. The summed E-state index contributed by atoms with van der Waals surface area (Å²) >= 11 is 0. The van der Waals surface area contributed by atoms with Crippen LogP contribution in [0.5, 0.6) is 5.88 Å². The van der Waals surface area contributed by atoms with Crippen LogP contribution in [0.15, 0.2) is 18.2 Å². The number of alkyl carbamates (subject to hydrolysis) is 1.